The fourth-order valence-electron chi connectivity index (χ4n) is 0.377. The molecule has 0 aliphatic carbocycles. The number of allylic oxidation sites excluding steroid dienone is 1. The van der Waals surface area contributed by atoms with Gasteiger partial charge in [0.25, 0.3) is 0 Å². The van der Waals surface area contributed by atoms with Crippen LogP contribution in [-0.2, 0) is 9.53 Å². The maximum absolute atomic E-state index is 10.6. The molecule has 0 radical (unpaired) electrons. The van der Waals surface area contributed by atoms with E-state index in [1.807, 2.05) is 14.1 Å². The molecule has 3 heteroatoms. The van der Waals surface area contributed by atoms with Crippen LogP contribution in [0, 0.1) is 0 Å². The largest absolute Gasteiger partial charge is 0.446 e. The molecule has 10 heavy (non-hydrogen) atoms. The summed E-state index contributed by atoms with van der Waals surface area (Å²) in [6.45, 7) is 2.11. The van der Waals surface area contributed by atoms with Crippen molar-refractivity contribution >= 4 is 5.97 Å². The van der Waals surface area contributed by atoms with Gasteiger partial charge in [-0.15, -0.1) is 0 Å². The van der Waals surface area contributed by atoms with E-state index >= 15 is 0 Å². The SMILES string of the molecule is CC=CC(=O)OCN(C)C. The van der Waals surface area contributed by atoms with Gasteiger partial charge in [0.1, 0.15) is 6.73 Å². The molecule has 0 saturated heterocycles. The van der Waals surface area contributed by atoms with Crippen LogP contribution in [0.25, 0.3) is 0 Å². The molecule has 0 spiro atoms. The highest BCUT2D eigenvalue weighted by atomic mass is 16.5. The Morgan fingerprint density at radius 3 is 2.60 bits per heavy atom. The molecule has 0 unspecified atom stereocenters. The number of hydrogen-bond acceptors (Lipinski definition) is 3. The van der Waals surface area contributed by atoms with Gasteiger partial charge in [-0.2, -0.15) is 0 Å². The molecule has 3 nitrogen and oxygen atoms in total. The third-order valence-corrected chi connectivity index (χ3v) is 0.768. The van der Waals surface area contributed by atoms with E-state index in [0.717, 1.165) is 0 Å². The van der Waals surface area contributed by atoms with Crippen LogP contribution in [0.1, 0.15) is 6.92 Å². The van der Waals surface area contributed by atoms with Crippen LogP contribution in [0.15, 0.2) is 12.2 Å². The molecule has 0 fully saturated rings. The van der Waals surface area contributed by atoms with Gasteiger partial charge in [-0.1, -0.05) is 6.08 Å². The lowest BCUT2D eigenvalue weighted by Crippen LogP contribution is -2.18. The van der Waals surface area contributed by atoms with Crippen molar-refractivity contribution in [2.75, 3.05) is 20.8 Å². The maximum atomic E-state index is 10.6. The first kappa shape index (κ1) is 9.17. The highest BCUT2D eigenvalue weighted by Crippen LogP contribution is 1.82. The third-order valence-electron chi connectivity index (χ3n) is 0.768. The molecule has 58 valence electrons. The Bertz CT molecular complexity index is 130. The molecule has 0 bridgehead atoms. The summed E-state index contributed by atoms with van der Waals surface area (Å²) in [7, 11) is 3.67. The predicted octanol–water partition coefficient (Wildman–Crippen LogP) is 0.625. The molecular weight excluding hydrogens is 130 g/mol. The molecule has 0 aromatic carbocycles. The lowest BCUT2D eigenvalue weighted by atomic mass is 10.5. The molecule has 0 atom stereocenters. The van der Waals surface area contributed by atoms with E-state index in [1.165, 1.54) is 6.08 Å². The van der Waals surface area contributed by atoms with Crippen molar-refractivity contribution < 1.29 is 9.53 Å². The summed E-state index contributed by atoms with van der Waals surface area (Å²) in [5, 5.41) is 0. The number of carbonyl (C=O) groups is 1. The van der Waals surface area contributed by atoms with Crippen molar-refractivity contribution in [3.05, 3.63) is 12.2 Å². The van der Waals surface area contributed by atoms with E-state index in [9.17, 15) is 4.79 Å². The van der Waals surface area contributed by atoms with Crippen LogP contribution in [0.2, 0.25) is 0 Å². The first-order valence-corrected chi connectivity index (χ1v) is 3.11. The maximum Gasteiger partial charge on any atom is 0.331 e. The zero-order chi connectivity index (χ0) is 7.98. The molecular formula is C7H13NO2. The van der Waals surface area contributed by atoms with Gasteiger partial charge >= 0.3 is 5.97 Å². The Morgan fingerprint density at radius 1 is 1.60 bits per heavy atom. The lowest BCUT2D eigenvalue weighted by molar-refractivity contribution is -0.141. The standard InChI is InChI=1S/C7H13NO2/c1-4-5-7(9)10-6-8(2)3/h4-5H,6H2,1-3H3. The molecule has 0 aliphatic heterocycles. The fourth-order valence-corrected chi connectivity index (χ4v) is 0.377. The Morgan fingerprint density at radius 2 is 2.20 bits per heavy atom. The van der Waals surface area contributed by atoms with Crippen molar-refractivity contribution in [3.63, 3.8) is 0 Å². The van der Waals surface area contributed by atoms with Crippen LogP contribution >= 0.6 is 0 Å². The Balaban J connectivity index is 3.40. The summed E-state index contributed by atoms with van der Waals surface area (Å²) in [4.78, 5) is 12.4. The van der Waals surface area contributed by atoms with Crippen molar-refractivity contribution in [2.45, 2.75) is 6.92 Å². The fraction of sp³-hybridized carbons (Fsp3) is 0.571. The van der Waals surface area contributed by atoms with E-state index in [4.69, 9.17) is 4.74 Å². The molecule has 0 N–H and O–H groups in total. The minimum Gasteiger partial charge on any atom is -0.446 e. The number of ether oxygens (including phenoxy) is 1. The van der Waals surface area contributed by atoms with Gasteiger partial charge in [-0.05, 0) is 21.0 Å². The molecule has 0 amide bonds. The summed E-state index contributed by atoms with van der Waals surface area (Å²) >= 11 is 0. The average molecular weight is 143 g/mol. The van der Waals surface area contributed by atoms with Gasteiger partial charge in [0, 0.05) is 6.08 Å². The number of rotatable bonds is 3. The van der Waals surface area contributed by atoms with Gasteiger partial charge in [0.15, 0.2) is 0 Å². The van der Waals surface area contributed by atoms with Gasteiger partial charge in [-0.25, -0.2) is 4.79 Å². The molecule has 0 aromatic heterocycles. The van der Waals surface area contributed by atoms with Crippen LogP contribution in [-0.4, -0.2) is 31.7 Å². The van der Waals surface area contributed by atoms with Crippen molar-refractivity contribution in [3.8, 4) is 0 Å². The Kier molecular flexibility index (Phi) is 4.58. The van der Waals surface area contributed by atoms with Gasteiger partial charge < -0.3 is 4.74 Å². The average Bonchev–Trinajstić information content (AvgIpc) is 1.85. The topological polar surface area (TPSA) is 29.5 Å². The van der Waals surface area contributed by atoms with Gasteiger partial charge in [0.2, 0.25) is 0 Å². The van der Waals surface area contributed by atoms with Gasteiger partial charge in [0.05, 0.1) is 0 Å². The number of carbonyl (C=O) groups excluding carboxylic acids is 1. The zero-order valence-corrected chi connectivity index (χ0v) is 6.63. The first-order chi connectivity index (χ1) is 4.66. The third kappa shape index (κ3) is 5.31. The molecule has 0 saturated carbocycles. The minimum atomic E-state index is -0.295. The van der Waals surface area contributed by atoms with E-state index in [2.05, 4.69) is 0 Å². The smallest absolute Gasteiger partial charge is 0.331 e. The first-order valence-electron chi connectivity index (χ1n) is 3.11. The van der Waals surface area contributed by atoms with Crippen LogP contribution in [0.3, 0.4) is 0 Å². The van der Waals surface area contributed by atoms with E-state index in [1.54, 1.807) is 17.9 Å². The van der Waals surface area contributed by atoms with E-state index in [0.29, 0.717) is 6.73 Å². The van der Waals surface area contributed by atoms with E-state index < -0.39 is 0 Å². The summed E-state index contributed by atoms with van der Waals surface area (Å²) in [6, 6.07) is 0. The quantitative estimate of drug-likeness (QED) is 0.329. The summed E-state index contributed by atoms with van der Waals surface area (Å²) in [6.07, 6.45) is 3.04. The summed E-state index contributed by atoms with van der Waals surface area (Å²) < 4.78 is 4.74. The molecule has 0 aliphatic rings. The van der Waals surface area contributed by atoms with Crippen LogP contribution in [0.5, 0.6) is 0 Å². The summed E-state index contributed by atoms with van der Waals surface area (Å²) in [5.41, 5.74) is 0. The second-order valence-electron chi connectivity index (χ2n) is 2.17. The number of nitrogens with zero attached hydrogens (tertiary/aromatic N) is 1. The highest BCUT2D eigenvalue weighted by Gasteiger charge is 1.94. The monoisotopic (exact) mass is 143 g/mol. The summed E-state index contributed by atoms with van der Waals surface area (Å²) in [5.74, 6) is -0.295. The van der Waals surface area contributed by atoms with Crippen LogP contribution < -0.4 is 0 Å². The molecule has 0 rings (SSSR count). The van der Waals surface area contributed by atoms with E-state index in [-0.39, 0.29) is 5.97 Å². The minimum absolute atomic E-state index is 0.295. The zero-order valence-electron chi connectivity index (χ0n) is 6.63. The van der Waals surface area contributed by atoms with Gasteiger partial charge in [-0.3, -0.25) is 4.90 Å². The number of hydrogen-bond donors (Lipinski definition) is 0. The molecule has 0 aromatic rings. The molecule has 0 heterocycles. The lowest BCUT2D eigenvalue weighted by Gasteiger charge is -2.07. The normalized spacial score (nSPS) is 10.8. The Labute approximate surface area is 61.3 Å². The van der Waals surface area contributed by atoms with Crippen molar-refractivity contribution in [1.82, 2.24) is 4.90 Å². The van der Waals surface area contributed by atoms with Crippen LogP contribution in [0.4, 0.5) is 0 Å². The predicted molar refractivity (Wildman–Crippen MR) is 39.5 cm³/mol. The highest BCUT2D eigenvalue weighted by molar-refractivity contribution is 5.81. The second kappa shape index (κ2) is 4.99. The van der Waals surface area contributed by atoms with Crippen molar-refractivity contribution in [1.29, 1.82) is 0 Å². The number of esters is 1. The second-order valence-corrected chi connectivity index (χ2v) is 2.17. The Hall–Kier alpha value is -0.830. The van der Waals surface area contributed by atoms with Crippen molar-refractivity contribution in [2.24, 2.45) is 0 Å².